The van der Waals surface area contributed by atoms with Crippen molar-refractivity contribution in [3.63, 3.8) is 0 Å². The first-order chi connectivity index (χ1) is 8.78. The zero-order valence-electron chi connectivity index (χ0n) is 12.2. The SMILES string of the molecule is CCC(C)(OC)C(=O)N1C(C(=O)O)CSC1C(C)C. The molecule has 1 amide bonds. The second kappa shape index (κ2) is 6.13. The fourth-order valence-electron chi connectivity index (χ4n) is 2.14. The normalized spacial score (nSPS) is 26.5. The minimum atomic E-state index is -0.953. The molecular formula is C13H23NO4S. The highest BCUT2D eigenvalue weighted by Crippen LogP contribution is 2.36. The molecule has 1 fully saturated rings. The van der Waals surface area contributed by atoms with E-state index in [2.05, 4.69) is 0 Å². The molecule has 0 bridgehead atoms. The van der Waals surface area contributed by atoms with E-state index in [1.165, 1.54) is 23.8 Å². The largest absolute Gasteiger partial charge is 0.480 e. The molecule has 19 heavy (non-hydrogen) atoms. The van der Waals surface area contributed by atoms with Crippen LogP contribution in [0.4, 0.5) is 0 Å². The van der Waals surface area contributed by atoms with Gasteiger partial charge < -0.3 is 14.7 Å². The van der Waals surface area contributed by atoms with Crippen LogP contribution in [0.25, 0.3) is 0 Å². The molecular weight excluding hydrogens is 266 g/mol. The first-order valence-electron chi connectivity index (χ1n) is 6.50. The van der Waals surface area contributed by atoms with Gasteiger partial charge in [0.1, 0.15) is 11.6 Å². The van der Waals surface area contributed by atoms with Crippen molar-refractivity contribution < 1.29 is 19.4 Å². The highest BCUT2D eigenvalue weighted by atomic mass is 32.2. The molecule has 0 radical (unpaired) electrons. The highest BCUT2D eigenvalue weighted by Gasteiger charge is 2.48. The van der Waals surface area contributed by atoms with Crippen molar-refractivity contribution in [3.05, 3.63) is 0 Å². The number of carbonyl (C=O) groups excluding carboxylic acids is 1. The van der Waals surface area contributed by atoms with Gasteiger partial charge in [-0.3, -0.25) is 4.79 Å². The second-order valence-corrected chi connectivity index (χ2v) is 6.47. The Hall–Kier alpha value is -0.750. The quantitative estimate of drug-likeness (QED) is 0.836. The molecule has 1 rings (SSSR count). The Bertz CT molecular complexity index is 355. The molecule has 1 aliphatic rings. The maximum Gasteiger partial charge on any atom is 0.327 e. The van der Waals surface area contributed by atoms with Crippen LogP contribution in [-0.4, -0.2) is 51.8 Å². The molecule has 3 unspecified atom stereocenters. The number of aliphatic carboxylic acids is 1. The Morgan fingerprint density at radius 3 is 2.47 bits per heavy atom. The molecule has 1 N–H and O–H groups in total. The van der Waals surface area contributed by atoms with Crippen molar-refractivity contribution in [1.29, 1.82) is 0 Å². The fourth-order valence-corrected chi connectivity index (χ4v) is 3.62. The van der Waals surface area contributed by atoms with Crippen LogP contribution in [0.15, 0.2) is 0 Å². The van der Waals surface area contributed by atoms with Crippen LogP contribution in [0.1, 0.15) is 34.1 Å². The van der Waals surface area contributed by atoms with Gasteiger partial charge in [0.25, 0.3) is 5.91 Å². The summed E-state index contributed by atoms with van der Waals surface area (Å²) in [7, 11) is 1.49. The number of rotatable bonds is 5. The summed E-state index contributed by atoms with van der Waals surface area (Å²) >= 11 is 1.53. The number of carboxylic acids is 1. The second-order valence-electron chi connectivity index (χ2n) is 5.32. The predicted octanol–water partition coefficient (Wildman–Crippen LogP) is 1.81. The molecule has 0 aliphatic carbocycles. The minimum Gasteiger partial charge on any atom is -0.480 e. The molecule has 1 heterocycles. The molecule has 0 aromatic carbocycles. The van der Waals surface area contributed by atoms with Crippen molar-refractivity contribution in [1.82, 2.24) is 4.90 Å². The van der Waals surface area contributed by atoms with Gasteiger partial charge in [-0.1, -0.05) is 20.8 Å². The van der Waals surface area contributed by atoms with Gasteiger partial charge in [0.05, 0.1) is 5.37 Å². The third-order valence-corrected chi connectivity index (χ3v) is 5.32. The van der Waals surface area contributed by atoms with Gasteiger partial charge in [0, 0.05) is 12.9 Å². The fraction of sp³-hybridized carbons (Fsp3) is 0.846. The van der Waals surface area contributed by atoms with Gasteiger partial charge >= 0.3 is 5.97 Å². The van der Waals surface area contributed by atoms with E-state index >= 15 is 0 Å². The number of methoxy groups -OCH3 is 1. The van der Waals surface area contributed by atoms with Crippen molar-refractivity contribution in [2.75, 3.05) is 12.9 Å². The number of ether oxygens (including phenoxy) is 1. The van der Waals surface area contributed by atoms with E-state index in [4.69, 9.17) is 4.74 Å². The highest BCUT2D eigenvalue weighted by molar-refractivity contribution is 8.00. The smallest absolute Gasteiger partial charge is 0.327 e. The Morgan fingerprint density at radius 2 is 2.11 bits per heavy atom. The Morgan fingerprint density at radius 1 is 1.53 bits per heavy atom. The summed E-state index contributed by atoms with van der Waals surface area (Å²) in [6.45, 7) is 7.58. The van der Waals surface area contributed by atoms with E-state index in [1.54, 1.807) is 6.92 Å². The van der Waals surface area contributed by atoms with Gasteiger partial charge in [-0.05, 0) is 19.3 Å². The number of hydrogen-bond acceptors (Lipinski definition) is 4. The van der Waals surface area contributed by atoms with Crippen LogP contribution in [-0.2, 0) is 14.3 Å². The summed E-state index contributed by atoms with van der Waals surface area (Å²) in [6, 6.07) is -0.758. The van der Waals surface area contributed by atoms with Crippen molar-refractivity contribution in [2.45, 2.75) is 51.1 Å². The zero-order valence-corrected chi connectivity index (χ0v) is 13.0. The lowest BCUT2D eigenvalue weighted by atomic mass is 9.99. The van der Waals surface area contributed by atoms with Crippen LogP contribution in [0.5, 0.6) is 0 Å². The molecule has 0 spiro atoms. The van der Waals surface area contributed by atoms with E-state index in [0.717, 1.165) is 0 Å². The summed E-state index contributed by atoms with van der Waals surface area (Å²) in [4.78, 5) is 25.5. The van der Waals surface area contributed by atoms with Crippen molar-refractivity contribution in [2.24, 2.45) is 5.92 Å². The summed E-state index contributed by atoms with van der Waals surface area (Å²) in [5.41, 5.74) is -0.953. The molecule has 1 aliphatic heterocycles. The lowest BCUT2D eigenvalue weighted by Gasteiger charge is -2.36. The number of nitrogens with zero attached hydrogens (tertiary/aromatic N) is 1. The van der Waals surface area contributed by atoms with Crippen LogP contribution in [0.3, 0.4) is 0 Å². The number of carbonyl (C=O) groups is 2. The summed E-state index contributed by atoms with van der Waals surface area (Å²) in [5, 5.41) is 9.19. The van der Waals surface area contributed by atoms with E-state index in [0.29, 0.717) is 12.2 Å². The van der Waals surface area contributed by atoms with E-state index in [9.17, 15) is 14.7 Å². The first kappa shape index (κ1) is 16.3. The van der Waals surface area contributed by atoms with Crippen LogP contribution < -0.4 is 0 Å². The number of amides is 1. The predicted molar refractivity (Wildman–Crippen MR) is 75.1 cm³/mol. The zero-order chi connectivity index (χ0) is 14.8. The molecule has 0 aromatic heterocycles. The Balaban J connectivity index is 3.08. The lowest BCUT2D eigenvalue weighted by molar-refractivity contribution is -0.162. The molecule has 110 valence electrons. The molecule has 5 nitrogen and oxygen atoms in total. The van der Waals surface area contributed by atoms with E-state index in [-0.39, 0.29) is 17.2 Å². The molecule has 1 saturated heterocycles. The van der Waals surface area contributed by atoms with E-state index in [1.807, 2.05) is 20.8 Å². The maximum absolute atomic E-state index is 12.7. The third kappa shape index (κ3) is 3.05. The average molecular weight is 289 g/mol. The molecule has 0 saturated carbocycles. The van der Waals surface area contributed by atoms with Crippen molar-refractivity contribution >= 4 is 23.6 Å². The van der Waals surface area contributed by atoms with Crippen molar-refractivity contribution in [3.8, 4) is 0 Å². The standard InChI is InChI=1S/C13H23NO4S/c1-6-13(4,18-5)12(17)14-9(11(15)16)7-19-10(14)8(2)3/h8-10H,6-7H2,1-5H3,(H,15,16). The maximum atomic E-state index is 12.7. The molecule has 6 heteroatoms. The third-order valence-electron chi connectivity index (χ3n) is 3.70. The summed E-state index contributed by atoms with van der Waals surface area (Å²) in [6.07, 6.45) is 0.515. The number of thioether (sulfide) groups is 1. The Labute approximate surface area is 118 Å². The van der Waals surface area contributed by atoms with Crippen LogP contribution in [0, 0.1) is 5.92 Å². The lowest BCUT2D eigenvalue weighted by Crippen LogP contribution is -2.55. The molecule has 3 atom stereocenters. The van der Waals surface area contributed by atoms with Gasteiger partial charge in [-0.25, -0.2) is 4.79 Å². The number of carboxylic acid groups (broad SMARTS) is 1. The minimum absolute atomic E-state index is 0.102. The number of hydrogen-bond donors (Lipinski definition) is 1. The van der Waals surface area contributed by atoms with Gasteiger partial charge in [0.2, 0.25) is 0 Å². The summed E-state index contributed by atoms with van der Waals surface area (Å²) in [5.74, 6) is -0.531. The van der Waals surface area contributed by atoms with E-state index < -0.39 is 17.6 Å². The monoisotopic (exact) mass is 289 g/mol. The van der Waals surface area contributed by atoms with Gasteiger partial charge in [0.15, 0.2) is 0 Å². The molecule has 0 aromatic rings. The first-order valence-corrected chi connectivity index (χ1v) is 7.55. The summed E-state index contributed by atoms with van der Waals surface area (Å²) < 4.78 is 5.32. The topological polar surface area (TPSA) is 66.8 Å². The van der Waals surface area contributed by atoms with Gasteiger partial charge in [-0.2, -0.15) is 0 Å². The van der Waals surface area contributed by atoms with Crippen LogP contribution in [0.2, 0.25) is 0 Å². The van der Waals surface area contributed by atoms with Gasteiger partial charge in [-0.15, -0.1) is 11.8 Å². The average Bonchev–Trinajstić information content (AvgIpc) is 2.81. The Kier molecular flexibility index (Phi) is 5.26. The van der Waals surface area contributed by atoms with Crippen LogP contribution >= 0.6 is 11.8 Å².